The number of amides is 2. The molecule has 0 saturated carbocycles. The molecule has 0 bridgehead atoms. The Morgan fingerprint density at radius 3 is 2.67 bits per heavy atom. The van der Waals surface area contributed by atoms with E-state index in [4.69, 9.17) is 4.74 Å². The van der Waals surface area contributed by atoms with Crippen LogP contribution in [0.2, 0.25) is 0 Å². The number of methoxy groups -OCH3 is 1. The minimum atomic E-state index is -0.323. The zero-order chi connectivity index (χ0) is 21.3. The van der Waals surface area contributed by atoms with Crippen molar-refractivity contribution in [1.82, 2.24) is 25.0 Å². The highest BCUT2D eigenvalue weighted by Crippen LogP contribution is 2.44. The predicted molar refractivity (Wildman–Crippen MR) is 111 cm³/mol. The largest absolute Gasteiger partial charge is 0.375 e. The minimum absolute atomic E-state index is 0.0121. The summed E-state index contributed by atoms with van der Waals surface area (Å²) in [7, 11) is 1.53. The van der Waals surface area contributed by atoms with Crippen LogP contribution >= 0.6 is 0 Å². The van der Waals surface area contributed by atoms with Gasteiger partial charge in [-0.1, -0.05) is 24.3 Å². The third kappa shape index (κ3) is 3.71. The van der Waals surface area contributed by atoms with Gasteiger partial charge in [0.15, 0.2) is 5.82 Å². The summed E-state index contributed by atoms with van der Waals surface area (Å²) in [6.45, 7) is 6.39. The Bertz CT molecular complexity index is 942. The number of nitrogens with zero attached hydrogens (tertiary/aromatic N) is 4. The van der Waals surface area contributed by atoms with Crippen LogP contribution in [0.25, 0.3) is 0 Å². The van der Waals surface area contributed by atoms with Crippen LogP contribution in [0.15, 0.2) is 24.3 Å². The molecule has 1 N–H and O–H groups in total. The number of carbonyl (C=O) groups is 2. The van der Waals surface area contributed by atoms with E-state index in [-0.39, 0.29) is 29.8 Å². The zero-order valence-electron chi connectivity index (χ0n) is 17.9. The second kappa shape index (κ2) is 8.18. The first kappa shape index (κ1) is 20.5. The molecule has 8 nitrogen and oxygen atoms in total. The number of rotatable bonds is 5. The molecule has 2 aliphatic rings. The number of piperidine rings is 1. The van der Waals surface area contributed by atoms with Gasteiger partial charge in [-0.05, 0) is 31.4 Å². The van der Waals surface area contributed by atoms with Gasteiger partial charge in [0, 0.05) is 39.2 Å². The topological polar surface area (TPSA) is 91.4 Å². The van der Waals surface area contributed by atoms with E-state index >= 15 is 0 Å². The maximum absolute atomic E-state index is 13.2. The van der Waals surface area contributed by atoms with E-state index in [0.29, 0.717) is 32.6 Å². The number of nitrogens with one attached hydrogen (secondary N) is 1. The molecule has 1 aromatic carbocycles. The SMILES string of the molecule is COCC(=O)N1CC[C@@]2(c3n[nH]c(C)n3)CN(C(=O)Cc3ccccc3C)C[C@H]2C1. The Morgan fingerprint density at radius 1 is 1.20 bits per heavy atom. The summed E-state index contributed by atoms with van der Waals surface area (Å²) in [5, 5.41) is 7.42. The van der Waals surface area contributed by atoms with Crippen molar-refractivity contribution in [2.24, 2.45) is 5.92 Å². The molecular weight excluding hydrogens is 382 g/mol. The Hall–Kier alpha value is -2.74. The van der Waals surface area contributed by atoms with Crippen molar-refractivity contribution in [2.45, 2.75) is 32.1 Å². The molecule has 2 saturated heterocycles. The smallest absolute Gasteiger partial charge is 0.248 e. The Balaban J connectivity index is 1.57. The van der Waals surface area contributed by atoms with E-state index in [2.05, 4.69) is 15.2 Å². The van der Waals surface area contributed by atoms with E-state index in [1.165, 1.54) is 7.11 Å². The van der Waals surface area contributed by atoms with E-state index in [1.807, 2.05) is 47.9 Å². The van der Waals surface area contributed by atoms with Gasteiger partial charge in [0.1, 0.15) is 12.4 Å². The van der Waals surface area contributed by atoms with Gasteiger partial charge in [-0.15, -0.1) is 0 Å². The molecule has 2 aliphatic heterocycles. The number of ether oxygens (including phenoxy) is 1. The van der Waals surface area contributed by atoms with Crippen LogP contribution in [0.3, 0.4) is 0 Å². The molecule has 2 aromatic rings. The Kier molecular flexibility index (Phi) is 5.60. The molecule has 2 amide bonds. The fraction of sp³-hybridized carbons (Fsp3) is 0.545. The van der Waals surface area contributed by atoms with Gasteiger partial charge >= 0.3 is 0 Å². The lowest BCUT2D eigenvalue weighted by molar-refractivity contribution is -0.137. The number of hydrogen-bond donors (Lipinski definition) is 1. The zero-order valence-corrected chi connectivity index (χ0v) is 17.9. The molecule has 0 aliphatic carbocycles. The number of hydrogen-bond acceptors (Lipinski definition) is 5. The summed E-state index contributed by atoms with van der Waals surface area (Å²) in [6.07, 6.45) is 1.12. The highest BCUT2D eigenvalue weighted by molar-refractivity contribution is 5.80. The Morgan fingerprint density at radius 2 is 1.97 bits per heavy atom. The molecule has 0 unspecified atom stereocenters. The molecule has 4 rings (SSSR count). The Labute approximate surface area is 176 Å². The van der Waals surface area contributed by atoms with E-state index in [1.54, 1.807) is 0 Å². The van der Waals surface area contributed by atoms with Crippen molar-refractivity contribution in [1.29, 1.82) is 0 Å². The maximum Gasteiger partial charge on any atom is 0.248 e. The lowest BCUT2D eigenvalue weighted by Gasteiger charge is -2.41. The van der Waals surface area contributed by atoms with Crippen molar-refractivity contribution >= 4 is 11.8 Å². The van der Waals surface area contributed by atoms with E-state index in [0.717, 1.165) is 29.2 Å². The second-order valence-corrected chi connectivity index (χ2v) is 8.50. The number of benzene rings is 1. The predicted octanol–water partition coefficient (Wildman–Crippen LogP) is 1.24. The first-order valence-corrected chi connectivity index (χ1v) is 10.4. The van der Waals surface area contributed by atoms with Crippen LogP contribution in [0.5, 0.6) is 0 Å². The van der Waals surface area contributed by atoms with Crippen molar-refractivity contribution in [3.63, 3.8) is 0 Å². The number of aromatic nitrogens is 3. The average Bonchev–Trinajstić information content (AvgIpc) is 3.34. The number of fused-ring (bicyclic) bond motifs is 1. The third-order valence-electron chi connectivity index (χ3n) is 6.58. The molecule has 3 heterocycles. The van der Waals surface area contributed by atoms with Gasteiger partial charge < -0.3 is 14.5 Å². The fourth-order valence-electron chi connectivity index (χ4n) is 4.83. The standard InChI is InChI=1S/C22H29N5O3/c1-15-6-4-5-7-17(15)10-19(28)27-12-18-11-26(20(29)13-30-3)9-8-22(18,14-27)21-23-16(2)24-25-21/h4-7,18H,8-14H2,1-3H3,(H,23,24,25)/t18-,22-/m1/s1. The van der Waals surface area contributed by atoms with Gasteiger partial charge in [-0.3, -0.25) is 14.7 Å². The highest BCUT2D eigenvalue weighted by atomic mass is 16.5. The van der Waals surface area contributed by atoms with Crippen molar-refractivity contribution in [3.05, 3.63) is 47.0 Å². The van der Waals surface area contributed by atoms with Gasteiger partial charge in [-0.2, -0.15) is 5.10 Å². The van der Waals surface area contributed by atoms with Crippen LogP contribution in [-0.4, -0.2) is 76.7 Å². The molecule has 160 valence electrons. The van der Waals surface area contributed by atoms with Crippen LogP contribution in [-0.2, 0) is 26.2 Å². The summed E-state index contributed by atoms with van der Waals surface area (Å²) in [5.41, 5.74) is 1.85. The van der Waals surface area contributed by atoms with Crippen LogP contribution in [0.1, 0.15) is 29.2 Å². The van der Waals surface area contributed by atoms with E-state index < -0.39 is 0 Å². The van der Waals surface area contributed by atoms with Gasteiger partial charge in [0.05, 0.1) is 11.8 Å². The number of carbonyl (C=O) groups excluding carboxylic acids is 2. The van der Waals surface area contributed by atoms with E-state index in [9.17, 15) is 9.59 Å². The quantitative estimate of drug-likeness (QED) is 0.799. The van der Waals surface area contributed by atoms with Crippen LogP contribution in [0.4, 0.5) is 0 Å². The molecular formula is C22H29N5O3. The molecule has 1 aromatic heterocycles. The first-order valence-electron chi connectivity index (χ1n) is 10.4. The van der Waals surface area contributed by atoms with Crippen molar-refractivity contribution < 1.29 is 14.3 Å². The summed E-state index contributed by atoms with van der Waals surface area (Å²) in [5.74, 6) is 1.72. The first-order chi connectivity index (χ1) is 14.4. The van der Waals surface area contributed by atoms with Crippen molar-refractivity contribution in [2.75, 3.05) is 39.9 Å². The number of aromatic amines is 1. The molecule has 0 radical (unpaired) electrons. The van der Waals surface area contributed by atoms with Gasteiger partial charge in [0.2, 0.25) is 11.8 Å². The van der Waals surface area contributed by atoms with Crippen LogP contribution < -0.4 is 0 Å². The second-order valence-electron chi connectivity index (χ2n) is 8.50. The van der Waals surface area contributed by atoms with Gasteiger partial charge in [0.25, 0.3) is 0 Å². The summed E-state index contributed by atoms with van der Waals surface area (Å²) in [4.78, 5) is 34.0. The summed E-state index contributed by atoms with van der Waals surface area (Å²) < 4.78 is 5.03. The summed E-state index contributed by atoms with van der Waals surface area (Å²) >= 11 is 0. The van der Waals surface area contributed by atoms with Gasteiger partial charge in [-0.25, -0.2) is 4.98 Å². The van der Waals surface area contributed by atoms with Crippen molar-refractivity contribution in [3.8, 4) is 0 Å². The maximum atomic E-state index is 13.2. The summed E-state index contributed by atoms with van der Waals surface area (Å²) in [6, 6.07) is 8.00. The number of aryl methyl sites for hydroxylation is 2. The molecule has 8 heteroatoms. The highest BCUT2D eigenvalue weighted by Gasteiger charge is 2.54. The average molecular weight is 412 g/mol. The minimum Gasteiger partial charge on any atom is -0.375 e. The lowest BCUT2D eigenvalue weighted by Crippen LogP contribution is -2.52. The molecule has 2 fully saturated rings. The molecule has 30 heavy (non-hydrogen) atoms. The normalized spacial score (nSPS) is 23.5. The molecule has 2 atom stereocenters. The number of likely N-dealkylation sites (tertiary alicyclic amines) is 2. The molecule has 0 spiro atoms. The third-order valence-corrected chi connectivity index (χ3v) is 6.58. The fourth-order valence-corrected chi connectivity index (χ4v) is 4.83. The van der Waals surface area contributed by atoms with Crippen LogP contribution in [0, 0.1) is 19.8 Å². The lowest BCUT2D eigenvalue weighted by atomic mass is 9.72. The number of H-pyrrole nitrogens is 1. The monoisotopic (exact) mass is 411 g/mol.